The average Bonchev–Trinajstić information content (AvgIpc) is 3.00. The van der Waals surface area contributed by atoms with E-state index in [4.69, 9.17) is 5.73 Å². The maximum Gasteiger partial charge on any atom is 0.242 e. The van der Waals surface area contributed by atoms with E-state index in [0.29, 0.717) is 6.42 Å². The third kappa shape index (κ3) is 10.7. The number of thiophene rings is 1. The van der Waals surface area contributed by atoms with Crippen LogP contribution in [-0.2, 0) is 20.8 Å². The monoisotopic (exact) mass is 359 g/mol. The third-order valence-electron chi connectivity index (χ3n) is 2.70. The number of likely N-dealkylation sites (N-methyl/N-ethyl adjacent to an activating group) is 1. The van der Waals surface area contributed by atoms with Gasteiger partial charge < -0.3 is 27.8 Å². The molecule has 3 amide bonds. The molecule has 24 heavy (non-hydrogen) atoms. The van der Waals surface area contributed by atoms with Gasteiger partial charge in [-0.1, -0.05) is 0 Å². The summed E-state index contributed by atoms with van der Waals surface area (Å²) in [5.74, 6) is -1.33. The number of primary amides is 1. The molecule has 1 atom stereocenters. The Morgan fingerprint density at radius 1 is 1.17 bits per heavy atom. The maximum absolute atomic E-state index is 11.8. The van der Waals surface area contributed by atoms with Crippen molar-refractivity contribution in [2.75, 3.05) is 21.1 Å². The van der Waals surface area contributed by atoms with Gasteiger partial charge in [-0.15, -0.1) is 11.3 Å². The summed E-state index contributed by atoms with van der Waals surface area (Å²) in [5, 5.41) is 4.92. The molecule has 1 aromatic heterocycles. The minimum atomic E-state index is -0.907. The topological polar surface area (TPSA) is 153 Å². The van der Waals surface area contributed by atoms with E-state index in [1.165, 1.54) is 26.0 Å². The Morgan fingerprint density at radius 3 is 2.17 bits per heavy atom. The molecule has 0 saturated heterocycles. The molecule has 1 rings (SSSR count). The van der Waals surface area contributed by atoms with Crippen LogP contribution >= 0.6 is 11.3 Å². The number of amides is 3. The van der Waals surface area contributed by atoms with Gasteiger partial charge in [-0.2, -0.15) is 0 Å². The van der Waals surface area contributed by atoms with Gasteiger partial charge in [-0.05, 0) is 39.6 Å². The largest absolute Gasteiger partial charge is 0.370 e. The first-order valence-corrected chi connectivity index (χ1v) is 8.24. The highest BCUT2D eigenvalue weighted by molar-refractivity contribution is 7.11. The molecule has 0 aliphatic carbocycles. The fourth-order valence-corrected chi connectivity index (χ4v) is 2.60. The molecule has 1 heterocycles. The molecule has 8 nitrogen and oxygen atoms in total. The molecule has 0 aliphatic heterocycles. The molecule has 8 N–H and O–H groups in total. The number of carbonyl (C=O) groups is 3. The molecule has 138 valence electrons. The minimum absolute atomic E-state index is 0.205. The quantitative estimate of drug-likeness (QED) is 0.433. The first kappa shape index (κ1) is 24.3. The van der Waals surface area contributed by atoms with Crippen molar-refractivity contribution >= 4 is 29.1 Å². The summed E-state index contributed by atoms with van der Waals surface area (Å²) in [4.78, 5) is 36.5. The van der Waals surface area contributed by atoms with E-state index in [0.717, 1.165) is 4.88 Å². The molecule has 0 aromatic carbocycles. The summed E-state index contributed by atoms with van der Waals surface area (Å²) in [5.41, 5.74) is 14.1. The van der Waals surface area contributed by atoms with Gasteiger partial charge >= 0.3 is 0 Å². The Labute approximate surface area is 147 Å². The van der Waals surface area contributed by atoms with Crippen LogP contribution in [-0.4, -0.2) is 44.9 Å². The lowest BCUT2D eigenvalue weighted by Gasteiger charge is -2.15. The van der Waals surface area contributed by atoms with Gasteiger partial charge in [0.2, 0.25) is 17.7 Å². The lowest BCUT2D eigenvalue weighted by Crippen LogP contribution is -2.47. The van der Waals surface area contributed by atoms with Crippen molar-refractivity contribution in [2.24, 2.45) is 17.2 Å². The summed E-state index contributed by atoms with van der Waals surface area (Å²) in [6, 6.07) is 3.07. The number of carbonyl (C=O) groups excluding carboxylic acids is 3. The van der Waals surface area contributed by atoms with Gasteiger partial charge in [0.15, 0.2) is 0 Å². The highest BCUT2D eigenvalue weighted by Crippen LogP contribution is 2.16. The van der Waals surface area contributed by atoms with Gasteiger partial charge in [-0.25, -0.2) is 0 Å². The van der Waals surface area contributed by atoms with Crippen LogP contribution in [0.5, 0.6) is 0 Å². The van der Waals surface area contributed by atoms with E-state index in [-0.39, 0.29) is 18.7 Å². The predicted molar refractivity (Wildman–Crippen MR) is 97.4 cm³/mol. The van der Waals surface area contributed by atoms with Crippen molar-refractivity contribution in [3.05, 3.63) is 21.9 Å². The van der Waals surface area contributed by atoms with Gasteiger partial charge in [-0.3, -0.25) is 14.4 Å². The number of nitrogens with one attached hydrogen (secondary N) is 2. The number of hydrogen-bond donors (Lipinski definition) is 5. The SMILES string of the molecule is CN.CN.CNC(=O)[C@H](CC(N)=O)NC(=O)CCc1ccc(C)s1. The van der Waals surface area contributed by atoms with Crippen LogP contribution in [0, 0.1) is 6.92 Å². The second-order valence-electron chi connectivity index (χ2n) is 4.42. The molecule has 0 aliphatic rings. The summed E-state index contributed by atoms with van der Waals surface area (Å²) in [6.07, 6.45) is 0.678. The van der Waals surface area contributed by atoms with Crippen LogP contribution < -0.4 is 27.8 Å². The normalized spacial score (nSPS) is 10.2. The fourth-order valence-electron chi connectivity index (χ4n) is 1.71. The second kappa shape index (κ2) is 14.6. The van der Waals surface area contributed by atoms with Crippen LogP contribution in [0.1, 0.15) is 22.6 Å². The number of rotatable bonds is 7. The van der Waals surface area contributed by atoms with Gasteiger partial charge in [0.1, 0.15) is 6.04 Å². The van der Waals surface area contributed by atoms with Crippen molar-refractivity contribution < 1.29 is 14.4 Å². The number of aryl methyl sites for hydroxylation is 2. The molecule has 0 saturated carbocycles. The Balaban J connectivity index is 0. The number of hydrogen-bond acceptors (Lipinski definition) is 6. The summed E-state index contributed by atoms with van der Waals surface area (Å²) < 4.78 is 0. The van der Waals surface area contributed by atoms with E-state index < -0.39 is 17.9 Å². The van der Waals surface area contributed by atoms with E-state index >= 15 is 0 Å². The van der Waals surface area contributed by atoms with Crippen molar-refractivity contribution in [1.82, 2.24) is 10.6 Å². The van der Waals surface area contributed by atoms with E-state index in [2.05, 4.69) is 22.1 Å². The smallest absolute Gasteiger partial charge is 0.242 e. The van der Waals surface area contributed by atoms with Crippen LogP contribution in [0.2, 0.25) is 0 Å². The molecule has 9 heteroatoms. The minimum Gasteiger partial charge on any atom is -0.370 e. The lowest BCUT2D eigenvalue weighted by molar-refractivity contribution is -0.130. The molecule has 0 bridgehead atoms. The standard InChI is InChI=1S/C13H19N3O3S.2CH5N/c1-8-3-4-9(20-8)5-6-12(18)16-10(7-11(14)17)13(19)15-2;2*1-2/h3-4,10H,5-7H2,1-2H3,(H2,14,17)(H,15,19)(H,16,18);2*2H2,1H3/t10-;;/m0../s1. The molecule has 0 fully saturated rings. The van der Waals surface area contributed by atoms with Crippen molar-refractivity contribution in [2.45, 2.75) is 32.2 Å². The molecule has 0 unspecified atom stereocenters. The molecule has 0 spiro atoms. The molecule has 1 aromatic rings. The summed E-state index contributed by atoms with van der Waals surface area (Å²) in [6.45, 7) is 2.00. The first-order valence-electron chi connectivity index (χ1n) is 7.42. The molecule has 0 radical (unpaired) electrons. The maximum atomic E-state index is 11.8. The van der Waals surface area contributed by atoms with Crippen LogP contribution in [0.15, 0.2) is 12.1 Å². The van der Waals surface area contributed by atoms with E-state index in [1.807, 2.05) is 19.1 Å². The van der Waals surface area contributed by atoms with Gasteiger partial charge in [0, 0.05) is 23.2 Å². The Bertz CT molecular complexity index is 505. The van der Waals surface area contributed by atoms with Gasteiger partial charge in [0.05, 0.1) is 6.42 Å². The second-order valence-corrected chi connectivity index (χ2v) is 5.79. The fraction of sp³-hybridized carbons (Fsp3) is 0.533. The van der Waals surface area contributed by atoms with Crippen molar-refractivity contribution in [3.63, 3.8) is 0 Å². The Hall–Kier alpha value is -1.97. The zero-order chi connectivity index (χ0) is 19.1. The van der Waals surface area contributed by atoms with Crippen LogP contribution in [0.4, 0.5) is 0 Å². The summed E-state index contributed by atoms with van der Waals surface area (Å²) in [7, 11) is 4.44. The zero-order valence-electron chi connectivity index (χ0n) is 14.7. The van der Waals surface area contributed by atoms with Gasteiger partial charge in [0.25, 0.3) is 0 Å². The molecular formula is C15H29N5O3S. The summed E-state index contributed by atoms with van der Waals surface area (Å²) >= 11 is 1.64. The zero-order valence-corrected chi connectivity index (χ0v) is 15.5. The highest BCUT2D eigenvalue weighted by Gasteiger charge is 2.21. The third-order valence-corrected chi connectivity index (χ3v) is 3.76. The lowest BCUT2D eigenvalue weighted by atomic mass is 10.1. The predicted octanol–water partition coefficient (Wildman–Crippen LogP) is -0.755. The van der Waals surface area contributed by atoms with Crippen LogP contribution in [0.3, 0.4) is 0 Å². The van der Waals surface area contributed by atoms with Crippen molar-refractivity contribution in [1.29, 1.82) is 0 Å². The van der Waals surface area contributed by atoms with Crippen molar-refractivity contribution in [3.8, 4) is 0 Å². The van der Waals surface area contributed by atoms with E-state index in [1.54, 1.807) is 11.3 Å². The average molecular weight is 359 g/mol. The molecular weight excluding hydrogens is 330 g/mol. The Morgan fingerprint density at radius 2 is 1.75 bits per heavy atom. The van der Waals surface area contributed by atoms with Crippen LogP contribution in [0.25, 0.3) is 0 Å². The first-order chi connectivity index (χ1) is 11.4. The number of nitrogens with two attached hydrogens (primary N) is 3. The highest BCUT2D eigenvalue weighted by atomic mass is 32.1. The van der Waals surface area contributed by atoms with E-state index in [9.17, 15) is 14.4 Å². The Kier molecular flexibility index (Phi) is 14.8.